The molecule has 4 nitrogen and oxygen atoms in total. The van der Waals surface area contributed by atoms with Crippen LogP contribution in [0.25, 0.3) is 0 Å². The van der Waals surface area contributed by atoms with Gasteiger partial charge in [-0.1, -0.05) is 0 Å². The number of hydrogen-bond acceptors (Lipinski definition) is 3. The number of carbonyl (C=O) groups is 1. The molecule has 0 fully saturated rings. The Morgan fingerprint density at radius 1 is 1.64 bits per heavy atom. The van der Waals surface area contributed by atoms with Gasteiger partial charge < -0.3 is 16.4 Å². The third-order valence-corrected chi connectivity index (χ3v) is 1.61. The van der Waals surface area contributed by atoms with Gasteiger partial charge in [0.15, 0.2) is 0 Å². The van der Waals surface area contributed by atoms with E-state index in [1.165, 1.54) is 6.92 Å². The summed E-state index contributed by atoms with van der Waals surface area (Å²) in [7, 11) is 0. The molecule has 0 aromatic carbocycles. The molecule has 0 spiro atoms. The molecule has 0 aromatic rings. The lowest BCUT2D eigenvalue weighted by molar-refractivity contribution is -0.130. The fourth-order valence-electron chi connectivity index (χ4n) is 1.02. The minimum absolute atomic E-state index is 0.00782. The Morgan fingerprint density at radius 2 is 2.18 bits per heavy atom. The number of rotatable bonds is 4. The Bertz CT molecular complexity index is 127. The van der Waals surface area contributed by atoms with Gasteiger partial charge in [0.25, 0.3) is 0 Å². The molecule has 0 aliphatic carbocycles. The molecule has 0 aliphatic heterocycles. The molecule has 66 valence electrons. The standard InChI is InChI=1S/C7H17N3O/c1-3-10(6(2)11)7(9)4-5-8/h7H,3-5,8-9H2,1-2H3. The summed E-state index contributed by atoms with van der Waals surface area (Å²) in [5.74, 6) is 0.00782. The quantitative estimate of drug-likeness (QED) is 0.542. The molecule has 1 amide bonds. The molecule has 0 aromatic heterocycles. The minimum Gasteiger partial charge on any atom is -0.330 e. The van der Waals surface area contributed by atoms with E-state index in [9.17, 15) is 4.79 Å². The van der Waals surface area contributed by atoms with E-state index in [4.69, 9.17) is 11.5 Å². The molecule has 1 unspecified atom stereocenters. The van der Waals surface area contributed by atoms with Crippen LogP contribution in [0.3, 0.4) is 0 Å². The Morgan fingerprint density at radius 3 is 2.45 bits per heavy atom. The Balaban J connectivity index is 3.91. The number of hydrogen-bond donors (Lipinski definition) is 2. The first-order valence-electron chi connectivity index (χ1n) is 3.86. The van der Waals surface area contributed by atoms with Gasteiger partial charge >= 0.3 is 0 Å². The van der Waals surface area contributed by atoms with Crippen molar-refractivity contribution in [1.29, 1.82) is 0 Å². The first-order valence-corrected chi connectivity index (χ1v) is 3.86. The number of amides is 1. The van der Waals surface area contributed by atoms with Gasteiger partial charge in [0.05, 0.1) is 6.17 Å². The third kappa shape index (κ3) is 3.34. The molecule has 0 saturated carbocycles. The summed E-state index contributed by atoms with van der Waals surface area (Å²) >= 11 is 0. The van der Waals surface area contributed by atoms with E-state index < -0.39 is 0 Å². The lowest BCUT2D eigenvalue weighted by Crippen LogP contribution is -2.45. The fourth-order valence-corrected chi connectivity index (χ4v) is 1.02. The van der Waals surface area contributed by atoms with Crippen LogP contribution in [-0.2, 0) is 4.79 Å². The molecule has 0 bridgehead atoms. The summed E-state index contributed by atoms with van der Waals surface area (Å²) in [6.45, 7) is 4.58. The third-order valence-electron chi connectivity index (χ3n) is 1.61. The SMILES string of the molecule is CCN(C(C)=O)C(N)CCN. The highest BCUT2D eigenvalue weighted by molar-refractivity contribution is 5.73. The van der Waals surface area contributed by atoms with E-state index in [0.717, 1.165) is 0 Å². The van der Waals surface area contributed by atoms with Crippen LogP contribution in [0.1, 0.15) is 20.3 Å². The second-order valence-electron chi connectivity index (χ2n) is 2.45. The molecule has 4 heteroatoms. The number of nitrogens with zero attached hydrogens (tertiary/aromatic N) is 1. The van der Waals surface area contributed by atoms with Crippen LogP contribution in [0.2, 0.25) is 0 Å². The van der Waals surface area contributed by atoms with Crippen molar-refractivity contribution < 1.29 is 4.79 Å². The van der Waals surface area contributed by atoms with Crippen LogP contribution < -0.4 is 11.5 Å². The van der Waals surface area contributed by atoms with Crippen LogP contribution in [0.15, 0.2) is 0 Å². The monoisotopic (exact) mass is 159 g/mol. The van der Waals surface area contributed by atoms with Gasteiger partial charge in [0.2, 0.25) is 5.91 Å². The average Bonchev–Trinajstić information content (AvgIpc) is 1.88. The summed E-state index contributed by atoms with van der Waals surface area (Å²) in [6.07, 6.45) is 0.440. The molecule has 11 heavy (non-hydrogen) atoms. The van der Waals surface area contributed by atoms with Crippen molar-refractivity contribution in [3.8, 4) is 0 Å². The molecule has 0 radical (unpaired) electrons. The first kappa shape index (κ1) is 10.4. The minimum atomic E-state index is -0.220. The molecule has 4 N–H and O–H groups in total. The molecule has 1 atom stereocenters. The average molecular weight is 159 g/mol. The first-order chi connectivity index (χ1) is 5.13. The van der Waals surface area contributed by atoms with E-state index >= 15 is 0 Å². The zero-order valence-electron chi connectivity index (χ0n) is 7.21. The molecular weight excluding hydrogens is 142 g/mol. The number of nitrogens with two attached hydrogens (primary N) is 2. The van der Waals surface area contributed by atoms with Crippen molar-refractivity contribution in [3.63, 3.8) is 0 Å². The van der Waals surface area contributed by atoms with E-state index in [-0.39, 0.29) is 12.1 Å². The zero-order valence-corrected chi connectivity index (χ0v) is 7.21. The maximum atomic E-state index is 10.9. The maximum Gasteiger partial charge on any atom is 0.220 e. The van der Waals surface area contributed by atoms with Crippen molar-refractivity contribution in [3.05, 3.63) is 0 Å². The van der Waals surface area contributed by atoms with E-state index in [1.54, 1.807) is 4.90 Å². The van der Waals surface area contributed by atoms with Gasteiger partial charge in [-0.05, 0) is 19.9 Å². The van der Waals surface area contributed by atoms with E-state index in [2.05, 4.69) is 0 Å². The predicted molar refractivity (Wildman–Crippen MR) is 44.7 cm³/mol. The second-order valence-corrected chi connectivity index (χ2v) is 2.45. The maximum absolute atomic E-state index is 10.9. The highest BCUT2D eigenvalue weighted by Gasteiger charge is 2.13. The van der Waals surface area contributed by atoms with Gasteiger partial charge in [-0.25, -0.2) is 0 Å². The van der Waals surface area contributed by atoms with Crippen molar-refractivity contribution in [2.75, 3.05) is 13.1 Å². The molecule has 0 saturated heterocycles. The largest absolute Gasteiger partial charge is 0.330 e. The van der Waals surface area contributed by atoms with Crippen molar-refractivity contribution in [1.82, 2.24) is 4.90 Å². The van der Waals surface area contributed by atoms with Crippen molar-refractivity contribution in [2.24, 2.45) is 11.5 Å². The smallest absolute Gasteiger partial charge is 0.220 e. The van der Waals surface area contributed by atoms with E-state index in [0.29, 0.717) is 19.5 Å². The second kappa shape index (κ2) is 5.09. The van der Waals surface area contributed by atoms with Crippen LogP contribution >= 0.6 is 0 Å². The Kier molecular flexibility index (Phi) is 4.81. The van der Waals surface area contributed by atoms with Gasteiger partial charge in [0.1, 0.15) is 0 Å². The lowest BCUT2D eigenvalue weighted by Gasteiger charge is -2.25. The van der Waals surface area contributed by atoms with E-state index in [1.807, 2.05) is 6.92 Å². The van der Waals surface area contributed by atoms with Crippen molar-refractivity contribution in [2.45, 2.75) is 26.4 Å². The van der Waals surface area contributed by atoms with Gasteiger partial charge in [0, 0.05) is 13.5 Å². The molecule has 0 rings (SSSR count). The Labute approximate surface area is 67.5 Å². The van der Waals surface area contributed by atoms with Gasteiger partial charge in [-0.3, -0.25) is 4.79 Å². The van der Waals surface area contributed by atoms with Crippen LogP contribution in [0, 0.1) is 0 Å². The summed E-state index contributed by atoms with van der Waals surface area (Å²) in [4.78, 5) is 12.5. The van der Waals surface area contributed by atoms with Gasteiger partial charge in [-0.2, -0.15) is 0 Å². The fraction of sp³-hybridized carbons (Fsp3) is 0.857. The summed E-state index contributed by atoms with van der Waals surface area (Å²) in [5.41, 5.74) is 11.0. The highest BCUT2D eigenvalue weighted by atomic mass is 16.2. The lowest BCUT2D eigenvalue weighted by atomic mass is 10.3. The molecular formula is C7H17N3O. The summed E-state index contributed by atoms with van der Waals surface area (Å²) < 4.78 is 0. The molecule has 0 aliphatic rings. The van der Waals surface area contributed by atoms with Crippen LogP contribution in [0.4, 0.5) is 0 Å². The van der Waals surface area contributed by atoms with Crippen LogP contribution in [0.5, 0.6) is 0 Å². The Hall–Kier alpha value is -0.610. The molecule has 0 heterocycles. The number of carbonyl (C=O) groups excluding carboxylic acids is 1. The highest BCUT2D eigenvalue weighted by Crippen LogP contribution is 1.96. The van der Waals surface area contributed by atoms with Crippen molar-refractivity contribution >= 4 is 5.91 Å². The van der Waals surface area contributed by atoms with Gasteiger partial charge in [-0.15, -0.1) is 0 Å². The topological polar surface area (TPSA) is 72.3 Å². The summed E-state index contributed by atoms with van der Waals surface area (Å²) in [5, 5.41) is 0. The predicted octanol–water partition coefficient (Wildman–Crippen LogP) is -0.512. The normalized spacial score (nSPS) is 12.7. The summed E-state index contributed by atoms with van der Waals surface area (Å²) in [6, 6.07) is 0. The van der Waals surface area contributed by atoms with Crippen LogP contribution in [-0.4, -0.2) is 30.1 Å². The zero-order chi connectivity index (χ0) is 8.85.